The smallest absolute Gasteiger partial charge is 0.244 e. The first kappa shape index (κ1) is 23.2. The molecule has 2 aliphatic heterocycles. The summed E-state index contributed by atoms with van der Waals surface area (Å²) in [4.78, 5) is 27.6. The highest BCUT2D eigenvalue weighted by Crippen LogP contribution is 2.43. The van der Waals surface area contributed by atoms with Gasteiger partial charge in [0.25, 0.3) is 0 Å². The second kappa shape index (κ2) is 8.13. The molecule has 6 heterocycles. The van der Waals surface area contributed by atoms with Crippen LogP contribution in [0.5, 0.6) is 0 Å². The van der Waals surface area contributed by atoms with Gasteiger partial charge in [0.05, 0.1) is 22.6 Å². The minimum absolute atomic E-state index is 0.0392. The number of carbonyl (C=O) groups is 1. The molecule has 0 saturated heterocycles. The molecule has 5 N–H and O–H groups in total. The number of fused-ring (bicyclic) bond motifs is 3. The van der Waals surface area contributed by atoms with Gasteiger partial charge in [-0.1, -0.05) is 0 Å². The molecule has 0 radical (unpaired) electrons. The maximum Gasteiger partial charge on any atom is 0.244 e. The molecule has 6 rings (SSSR count). The van der Waals surface area contributed by atoms with E-state index in [0.29, 0.717) is 35.4 Å². The number of anilines is 4. The maximum atomic E-state index is 12.2. The van der Waals surface area contributed by atoms with E-state index in [1.54, 1.807) is 22.0 Å². The van der Waals surface area contributed by atoms with Gasteiger partial charge in [0.2, 0.25) is 5.91 Å². The molecule has 2 aliphatic rings. The fourth-order valence-corrected chi connectivity index (χ4v) is 5.00. The Hall–Kier alpha value is -4.25. The van der Waals surface area contributed by atoms with Gasteiger partial charge >= 0.3 is 0 Å². The quantitative estimate of drug-likeness (QED) is 0.334. The van der Waals surface area contributed by atoms with Crippen molar-refractivity contribution in [1.29, 1.82) is 0 Å². The molecule has 0 aliphatic carbocycles. The monoisotopic (exact) mass is 499 g/mol. The van der Waals surface area contributed by atoms with E-state index in [-0.39, 0.29) is 12.5 Å². The molecule has 37 heavy (non-hydrogen) atoms. The summed E-state index contributed by atoms with van der Waals surface area (Å²) < 4.78 is 1.74. The highest BCUT2D eigenvalue weighted by molar-refractivity contribution is 5.95. The number of rotatable bonds is 3. The molecular formula is C26H29N9O2. The van der Waals surface area contributed by atoms with E-state index in [1.165, 1.54) is 0 Å². The topological polar surface area (TPSA) is 147 Å². The summed E-state index contributed by atoms with van der Waals surface area (Å²) in [5.74, 6) is 1.65. The number of nitrogens with one attached hydrogen (secondary N) is 2. The van der Waals surface area contributed by atoms with E-state index < -0.39 is 11.6 Å². The summed E-state index contributed by atoms with van der Waals surface area (Å²) in [5.41, 5.74) is 10.8. The number of aliphatic hydroxyl groups is 1. The van der Waals surface area contributed by atoms with Gasteiger partial charge in [-0.25, -0.2) is 9.97 Å². The van der Waals surface area contributed by atoms with Crippen LogP contribution in [0.2, 0.25) is 0 Å². The number of aliphatic hydroxyl groups excluding tert-OH is 1. The number of nitrogens with zero attached hydrogens (tertiary/aromatic N) is 6. The Morgan fingerprint density at radius 1 is 1.19 bits per heavy atom. The Morgan fingerprint density at radius 2 is 2.00 bits per heavy atom. The van der Waals surface area contributed by atoms with Crippen molar-refractivity contribution >= 4 is 39.8 Å². The van der Waals surface area contributed by atoms with E-state index >= 15 is 0 Å². The van der Waals surface area contributed by atoms with Crippen LogP contribution < -0.4 is 16.4 Å². The van der Waals surface area contributed by atoms with Gasteiger partial charge in [-0.05, 0) is 43.9 Å². The van der Waals surface area contributed by atoms with Crippen molar-refractivity contribution in [3.05, 3.63) is 47.5 Å². The number of nitrogens with two attached hydrogens (primary N) is 1. The molecule has 0 unspecified atom stereocenters. The average molecular weight is 500 g/mol. The molecule has 4 aromatic rings. The molecule has 11 heteroatoms. The van der Waals surface area contributed by atoms with Crippen molar-refractivity contribution in [1.82, 2.24) is 29.6 Å². The lowest BCUT2D eigenvalue weighted by molar-refractivity contribution is -0.130. The van der Waals surface area contributed by atoms with Crippen molar-refractivity contribution in [2.75, 3.05) is 30.0 Å². The molecular weight excluding hydrogens is 470 g/mol. The highest BCUT2D eigenvalue weighted by Gasteiger charge is 2.40. The number of aromatic nitrogens is 5. The van der Waals surface area contributed by atoms with E-state index in [0.717, 1.165) is 39.7 Å². The van der Waals surface area contributed by atoms with Gasteiger partial charge < -0.3 is 26.4 Å². The number of pyridine rings is 3. The van der Waals surface area contributed by atoms with Crippen molar-refractivity contribution in [3.63, 3.8) is 0 Å². The van der Waals surface area contributed by atoms with E-state index in [1.807, 2.05) is 46.0 Å². The van der Waals surface area contributed by atoms with Gasteiger partial charge in [0, 0.05) is 55.1 Å². The standard InChI is InChI=1S/C26H29N9O2/c1-13-16(10-29-23-22(13)32-26(2,3)24(23)37)18-7-14-8-19(28-11-17(14)25(27)30-18)31-20-9-15-5-6-34(4)21(36)12-35(15)33-20/h7-11,24,32,37H,5-6,12H2,1-4H3,(H2,27,30)(H,28,31,33)/t24-/m0/s1. The number of hydrogen-bond donors (Lipinski definition) is 4. The van der Waals surface area contributed by atoms with Crippen molar-refractivity contribution in [2.24, 2.45) is 0 Å². The largest absolute Gasteiger partial charge is 0.384 e. The molecule has 11 nitrogen and oxygen atoms in total. The second-order valence-electron chi connectivity index (χ2n) is 10.4. The molecule has 0 fully saturated rings. The van der Waals surface area contributed by atoms with Crippen LogP contribution in [-0.4, -0.2) is 59.8 Å². The second-order valence-corrected chi connectivity index (χ2v) is 10.4. The third kappa shape index (κ3) is 3.82. The predicted molar refractivity (Wildman–Crippen MR) is 141 cm³/mol. The molecule has 1 amide bonds. The normalized spacial score (nSPS) is 18.4. The van der Waals surface area contributed by atoms with Crippen molar-refractivity contribution < 1.29 is 9.90 Å². The highest BCUT2D eigenvalue weighted by atomic mass is 16.3. The summed E-state index contributed by atoms with van der Waals surface area (Å²) in [5, 5.41) is 23.4. The minimum Gasteiger partial charge on any atom is -0.384 e. The first-order valence-electron chi connectivity index (χ1n) is 12.2. The number of likely N-dealkylation sites (N-methyl/N-ethyl adjacent to an activating group) is 1. The van der Waals surface area contributed by atoms with Crippen LogP contribution in [0.15, 0.2) is 30.6 Å². The van der Waals surface area contributed by atoms with Gasteiger partial charge in [-0.3, -0.25) is 14.5 Å². The Kier molecular flexibility index (Phi) is 5.09. The van der Waals surface area contributed by atoms with Crippen LogP contribution in [0, 0.1) is 6.92 Å². The van der Waals surface area contributed by atoms with E-state index in [9.17, 15) is 9.90 Å². The van der Waals surface area contributed by atoms with Gasteiger partial charge in [0.15, 0.2) is 5.82 Å². The lowest BCUT2D eigenvalue weighted by Gasteiger charge is -2.22. The van der Waals surface area contributed by atoms with Crippen molar-refractivity contribution in [3.8, 4) is 11.3 Å². The van der Waals surface area contributed by atoms with Gasteiger partial charge in [0.1, 0.15) is 24.3 Å². The summed E-state index contributed by atoms with van der Waals surface area (Å²) in [6, 6.07) is 5.82. The lowest BCUT2D eigenvalue weighted by Crippen LogP contribution is -2.32. The van der Waals surface area contributed by atoms with Crippen LogP contribution in [-0.2, 0) is 17.8 Å². The third-order valence-corrected chi connectivity index (χ3v) is 7.31. The predicted octanol–water partition coefficient (Wildman–Crippen LogP) is 2.77. The van der Waals surface area contributed by atoms with Crippen molar-refractivity contribution in [2.45, 2.75) is 45.4 Å². The molecule has 0 aromatic carbocycles. The van der Waals surface area contributed by atoms with Gasteiger partial charge in [-0.15, -0.1) is 0 Å². The lowest BCUT2D eigenvalue weighted by atomic mass is 9.98. The molecule has 1 atom stereocenters. The Bertz CT molecular complexity index is 1580. The Labute approximate surface area is 213 Å². The van der Waals surface area contributed by atoms with E-state index in [2.05, 4.69) is 30.7 Å². The molecule has 0 saturated carbocycles. The average Bonchev–Trinajstić information content (AvgIpc) is 3.29. The summed E-state index contributed by atoms with van der Waals surface area (Å²) in [6.07, 6.45) is 3.48. The SMILES string of the molecule is Cc1c(-c2cc3cc(Nc4cc5n(n4)CC(=O)N(C)CC5)ncc3c(N)n2)cnc2c1NC(C)(C)[C@H]2O. The van der Waals surface area contributed by atoms with E-state index in [4.69, 9.17) is 5.73 Å². The van der Waals surface area contributed by atoms with Gasteiger partial charge in [-0.2, -0.15) is 5.10 Å². The molecule has 0 bridgehead atoms. The van der Waals surface area contributed by atoms with Crippen LogP contribution in [0.3, 0.4) is 0 Å². The molecule has 4 aromatic heterocycles. The number of carbonyl (C=O) groups excluding carboxylic acids is 1. The molecule has 0 spiro atoms. The minimum atomic E-state index is -0.693. The fraction of sp³-hybridized carbons (Fsp3) is 0.346. The molecule has 190 valence electrons. The van der Waals surface area contributed by atoms with Crippen LogP contribution in [0.4, 0.5) is 23.1 Å². The number of hydrogen-bond acceptors (Lipinski definition) is 9. The third-order valence-electron chi connectivity index (χ3n) is 7.31. The zero-order valence-electron chi connectivity index (χ0n) is 21.2. The number of amides is 1. The number of nitrogen functional groups attached to an aromatic ring is 1. The Morgan fingerprint density at radius 3 is 2.81 bits per heavy atom. The fourth-order valence-electron chi connectivity index (χ4n) is 5.00. The van der Waals surface area contributed by atoms with Crippen LogP contribution in [0.1, 0.15) is 36.9 Å². The summed E-state index contributed by atoms with van der Waals surface area (Å²) in [6.45, 7) is 6.77. The summed E-state index contributed by atoms with van der Waals surface area (Å²) in [7, 11) is 1.81. The first-order chi connectivity index (χ1) is 17.6. The van der Waals surface area contributed by atoms with Crippen LogP contribution >= 0.6 is 0 Å². The first-order valence-corrected chi connectivity index (χ1v) is 12.2. The Balaban J connectivity index is 1.34. The zero-order valence-corrected chi connectivity index (χ0v) is 21.2. The zero-order chi connectivity index (χ0) is 26.1. The maximum absolute atomic E-state index is 12.2. The summed E-state index contributed by atoms with van der Waals surface area (Å²) >= 11 is 0. The van der Waals surface area contributed by atoms with Crippen LogP contribution in [0.25, 0.3) is 22.0 Å².